The Morgan fingerprint density at radius 2 is 1.62 bits per heavy atom. The zero-order valence-electron chi connectivity index (χ0n) is 22.8. The molecule has 3 aliphatic rings. The number of halogens is 1. The van der Waals surface area contributed by atoms with Crippen molar-refractivity contribution in [2.75, 3.05) is 11.9 Å². The molecule has 1 N–H and O–H groups in total. The van der Waals surface area contributed by atoms with Crippen LogP contribution < -0.4 is 10.1 Å². The third-order valence-electron chi connectivity index (χ3n) is 8.70. The maximum atomic E-state index is 15.0. The van der Waals surface area contributed by atoms with Crippen molar-refractivity contribution < 1.29 is 23.5 Å². The zero-order valence-corrected chi connectivity index (χ0v) is 22.8. The summed E-state index contributed by atoms with van der Waals surface area (Å²) in [6.07, 6.45) is 3.72. The molecular weight excluding hydrogens is 531 g/mol. The maximum Gasteiger partial charge on any atom is 0.238 e. The van der Waals surface area contributed by atoms with Crippen LogP contribution in [0.25, 0.3) is 6.08 Å². The second-order valence-corrected chi connectivity index (χ2v) is 10.8. The maximum absolute atomic E-state index is 15.0. The van der Waals surface area contributed by atoms with E-state index >= 15 is 0 Å². The van der Waals surface area contributed by atoms with Gasteiger partial charge in [0.1, 0.15) is 23.0 Å². The SMILES string of the molecule is CCOc1ccccc1C(=O)[C@@H]1[C@H](C(=O)c2ccc(F)cc2)N2C=Cc3ccccc3[C@H]2[C@@]12C(=O)Nc1ccccc12. The quantitative estimate of drug-likeness (QED) is 0.285. The monoisotopic (exact) mass is 558 g/mol. The Morgan fingerprint density at radius 3 is 2.43 bits per heavy atom. The molecule has 7 heteroatoms. The summed E-state index contributed by atoms with van der Waals surface area (Å²) in [5.41, 5.74) is 2.14. The third kappa shape index (κ3) is 3.59. The number of amides is 1. The van der Waals surface area contributed by atoms with Crippen LogP contribution in [0.4, 0.5) is 10.1 Å². The summed E-state index contributed by atoms with van der Waals surface area (Å²) < 4.78 is 19.8. The number of ether oxygens (including phenoxy) is 1. The van der Waals surface area contributed by atoms with Crippen molar-refractivity contribution in [1.29, 1.82) is 0 Å². The molecular formula is C35H27FN2O4. The molecule has 0 bridgehead atoms. The molecule has 1 amide bonds. The Bertz CT molecular complexity index is 1780. The van der Waals surface area contributed by atoms with Gasteiger partial charge in [0.05, 0.1) is 24.1 Å². The lowest BCUT2D eigenvalue weighted by Crippen LogP contribution is -2.49. The molecule has 3 aliphatic heterocycles. The molecule has 1 saturated heterocycles. The minimum Gasteiger partial charge on any atom is -0.493 e. The molecule has 0 saturated carbocycles. The first-order valence-corrected chi connectivity index (χ1v) is 14.0. The average Bonchev–Trinajstić information content (AvgIpc) is 3.49. The molecule has 3 heterocycles. The Kier molecular flexibility index (Phi) is 6.04. The number of Topliss-reactive ketones (excluding diaryl/α,β-unsaturated/α-hetero) is 2. The number of nitrogens with one attached hydrogen (secondary N) is 1. The van der Waals surface area contributed by atoms with Crippen molar-refractivity contribution in [3.8, 4) is 5.75 Å². The molecule has 0 aromatic heterocycles. The van der Waals surface area contributed by atoms with E-state index in [1.807, 2.05) is 72.6 Å². The van der Waals surface area contributed by atoms with Gasteiger partial charge in [-0.1, -0.05) is 54.6 Å². The van der Waals surface area contributed by atoms with Crippen molar-refractivity contribution in [3.05, 3.63) is 137 Å². The van der Waals surface area contributed by atoms with Crippen LogP contribution in [0.15, 0.2) is 103 Å². The Balaban J connectivity index is 1.54. The van der Waals surface area contributed by atoms with E-state index in [9.17, 15) is 18.8 Å². The number of ketones is 2. The number of carbonyl (C=O) groups excluding carboxylic acids is 3. The highest BCUT2D eigenvalue weighted by atomic mass is 19.1. The van der Waals surface area contributed by atoms with Gasteiger partial charge in [-0.3, -0.25) is 14.4 Å². The van der Waals surface area contributed by atoms with Gasteiger partial charge < -0.3 is 15.0 Å². The molecule has 0 unspecified atom stereocenters. The lowest BCUT2D eigenvalue weighted by atomic mass is 9.62. The van der Waals surface area contributed by atoms with Gasteiger partial charge >= 0.3 is 0 Å². The Labute approximate surface area is 242 Å². The molecule has 6 nitrogen and oxygen atoms in total. The van der Waals surface area contributed by atoms with Crippen LogP contribution >= 0.6 is 0 Å². The molecule has 1 spiro atoms. The van der Waals surface area contributed by atoms with E-state index in [4.69, 9.17) is 4.74 Å². The lowest BCUT2D eigenvalue weighted by Gasteiger charge is -2.38. The Hall–Kier alpha value is -5.04. The number of nitrogens with zero attached hydrogens (tertiary/aromatic N) is 1. The van der Waals surface area contributed by atoms with Crippen molar-refractivity contribution in [1.82, 2.24) is 4.90 Å². The van der Waals surface area contributed by atoms with Crippen LogP contribution in [-0.4, -0.2) is 35.0 Å². The van der Waals surface area contributed by atoms with Gasteiger partial charge in [0.25, 0.3) is 0 Å². The fourth-order valence-corrected chi connectivity index (χ4v) is 7.07. The molecule has 7 rings (SSSR count). The second kappa shape index (κ2) is 9.80. The van der Waals surface area contributed by atoms with E-state index in [1.54, 1.807) is 24.3 Å². The third-order valence-corrected chi connectivity index (χ3v) is 8.70. The number of benzene rings is 4. The number of hydrogen-bond donors (Lipinski definition) is 1. The van der Waals surface area contributed by atoms with E-state index < -0.39 is 29.2 Å². The van der Waals surface area contributed by atoms with Gasteiger partial charge in [0, 0.05) is 17.5 Å². The summed E-state index contributed by atoms with van der Waals surface area (Å²) in [5, 5.41) is 3.04. The van der Waals surface area contributed by atoms with E-state index in [1.165, 1.54) is 24.3 Å². The first-order chi connectivity index (χ1) is 20.5. The van der Waals surface area contributed by atoms with Crippen LogP contribution in [0.5, 0.6) is 5.75 Å². The van der Waals surface area contributed by atoms with Gasteiger partial charge in [-0.15, -0.1) is 0 Å². The number of hydrogen-bond acceptors (Lipinski definition) is 5. The van der Waals surface area contributed by atoms with Crippen LogP contribution in [0, 0.1) is 11.7 Å². The molecule has 4 aromatic rings. The standard InChI is InChI=1S/C35H27FN2O4/c1-2-42-28-14-8-5-11-25(28)32(40)29-30(31(39)22-15-17-23(36)18-16-22)38-20-19-21-9-3-4-10-24(21)33(38)35(29)26-12-6-7-13-27(26)37-34(35)41/h3-20,29-30,33H,2H2,1H3,(H,37,41)/t29-,30+,33-,35-/m0/s1. The summed E-state index contributed by atoms with van der Waals surface area (Å²) in [6, 6.07) is 25.6. The Morgan fingerprint density at radius 1 is 0.905 bits per heavy atom. The highest BCUT2D eigenvalue weighted by Gasteiger charge is 2.70. The molecule has 208 valence electrons. The van der Waals surface area contributed by atoms with Crippen molar-refractivity contribution in [2.45, 2.75) is 24.4 Å². The molecule has 4 aromatic carbocycles. The smallest absolute Gasteiger partial charge is 0.238 e. The highest BCUT2D eigenvalue weighted by Crippen LogP contribution is 2.62. The number of carbonyl (C=O) groups is 3. The van der Waals surface area contributed by atoms with E-state index in [2.05, 4.69) is 5.32 Å². The lowest BCUT2D eigenvalue weighted by molar-refractivity contribution is -0.122. The minimum absolute atomic E-state index is 0.257. The predicted octanol–water partition coefficient (Wildman–Crippen LogP) is 6.21. The summed E-state index contributed by atoms with van der Waals surface area (Å²) in [6.45, 7) is 2.17. The number of rotatable bonds is 6. The predicted molar refractivity (Wildman–Crippen MR) is 157 cm³/mol. The molecule has 0 radical (unpaired) electrons. The first-order valence-electron chi connectivity index (χ1n) is 14.0. The summed E-state index contributed by atoms with van der Waals surface area (Å²) in [7, 11) is 0. The van der Waals surface area contributed by atoms with Gasteiger partial charge in [0.15, 0.2) is 11.6 Å². The van der Waals surface area contributed by atoms with Crippen molar-refractivity contribution >= 4 is 29.2 Å². The van der Waals surface area contributed by atoms with E-state index in [-0.39, 0.29) is 23.0 Å². The number of para-hydroxylation sites is 2. The van der Waals surface area contributed by atoms with E-state index in [0.717, 1.165) is 11.1 Å². The number of fused-ring (bicyclic) bond motifs is 6. The fourth-order valence-electron chi connectivity index (χ4n) is 7.07. The fraction of sp³-hybridized carbons (Fsp3) is 0.171. The first kappa shape index (κ1) is 25.9. The van der Waals surface area contributed by atoms with Crippen LogP contribution in [0.3, 0.4) is 0 Å². The average molecular weight is 559 g/mol. The normalized spacial score (nSPS) is 23.2. The van der Waals surface area contributed by atoms with E-state index in [0.29, 0.717) is 29.2 Å². The van der Waals surface area contributed by atoms with Crippen molar-refractivity contribution in [2.24, 2.45) is 5.92 Å². The van der Waals surface area contributed by atoms with Gasteiger partial charge in [-0.05, 0) is 72.2 Å². The summed E-state index contributed by atoms with van der Waals surface area (Å²) in [4.78, 5) is 45.9. The second-order valence-electron chi connectivity index (χ2n) is 10.8. The molecule has 42 heavy (non-hydrogen) atoms. The molecule has 4 atom stereocenters. The zero-order chi connectivity index (χ0) is 29.0. The highest BCUT2D eigenvalue weighted by molar-refractivity contribution is 6.17. The van der Waals surface area contributed by atoms with Gasteiger partial charge in [-0.2, -0.15) is 0 Å². The largest absolute Gasteiger partial charge is 0.493 e. The van der Waals surface area contributed by atoms with Crippen molar-refractivity contribution in [3.63, 3.8) is 0 Å². The van der Waals surface area contributed by atoms with Crippen LogP contribution in [-0.2, 0) is 10.2 Å². The van der Waals surface area contributed by atoms with Crippen LogP contribution in [0.2, 0.25) is 0 Å². The van der Waals surface area contributed by atoms with Gasteiger partial charge in [0.2, 0.25) is 5.91 Å². The molecule has 0 aliphatic carbocycles. The number of anilines is 1. The summed E-state index contributed by atoms with van der Waals surface area (Å²) >= 11 is 0. The molecule has 1 fully saturated rings. The van der Waals surface area contributed by atoms with Crippen LogP contribution in [0.1, 0.15) is 50.4 Å². The summed E-state index contributed by atoms with van der Waals surface area (Å²) in [5.74, 6) is -2.30. The topological polar surface area (TPSA) is 75.7 Å². The van der Waals surface area contributed by atoms with Gasteiger partial charge in [-0.25, -0.2) is 4.39 Å². The minimum atomic E-state index is -1.45.